The average Bonchev–Trinajstić information content (AvgIpc) is 2.37. The van der Waals surface area contributed by atoms with Gasteiger partial charge in [0, 0.05) is 16.6 Å². The van der Waals surface area contributed by atoms with Crippen LogP contribution in [0.25, 0.3) is 0 Å². The van der Waals surface area contributed by atoms with Crippen molar-refractivity contribution in [2.45, 2.75) is 32.1 Å². The van der Waals surface area contributed by atoms with Crippen LogP contribution in [-0.2, 0) is 4.79 Å². The van der Waals surface area contributed by atoms with E-state index in [0.29, 0.717) is 23.1 Å². The number of hydrogen-bond donors (Lipinski definition) is 3. The Morgan fingerprint density at radius 3 is 2.50 bits per heavy atom. The highest BCUT2D eigenvalue weighted by atomic mass is 79.9. The van der Waals surface area contributed by atoms with Crippen LogP contribution in [0, 0.1) is 0 Å². The number of nitrogens with one attached hydrogen (secondary N) is 1. The van der Waals surface area contributed by atoms with Gasteiger partial charge < -0.3 is 16.2 Å². The van der Waals surface area contributed by atoms with Gasteiger partial charge in [0.2, 0.25) is 5.91 Å². The highest BCUT2D eigenvalue weighted by Gasteiger charge is 2.08. The summed E-state index contributed by atoms with van der Waals surface area (Å²) in [6.07, 6.45) is 4.23. The number of anilines is 1. The second kappa shape index (κ2) is 8.71. The largest absolute Gasteiger partial charge is 0.478 e. The molecule has 0 saturated carbocycles. The van der Waals surface area contributed by atoms with Gasteiger partial charge >= 0.3 is 5.97 Å². The monoisotopic (exact) mass is 342 g/mol. The maximum absolute atomic E-state index is 11.7. The molecule has 0 aliphatic carbocycles. The fraction of sp³-hybridized carbons (Fsp3) is 0.429. The van der Waals surface area contributed by atoms with Crippen molar-refractivity contribution in [3.05, 3.63) is 28.2 Å². The van der Waals surface area contributed by atoms with Crippen LogP contribution in [0.2, 0.25) is 0 Å². The van der Waals surface area contributed by atoms with Crippen molar-refractivity contribution >= 4 is 33.5 Å². The lowest BCUT2D eigenvalue weighted by Gasteiger charge is -2.07. The third kappa shape index (κ3) is 6.16. The van der Waals surface area contributed by atoms with Gasteiger partial charge in [0.1, 0.15) is 0 Å². The summed E-state index contributed by atoms with van der Waals surface area (Å²) in [5, 5.41) is 11.7. The molecule has 5 nitrogen and oxygen atoms in total. The van der Waals surface area contributed by atoms with Crippen LogP contribution in [0.15, 0.2) is 22.7 Å². The number of hydrogen-bond acceptors (Lipinski definition) is 3. The topological polar surface area (TPSA) is 92.4 Å². The molecule has 0 atom stereocenters. The van der Waals surface area contributed by atoms with Crippen molar-refractivity contribution in [1.82, 2.24) is 0 Å². The van der Waals surface area contributed by atoms with E-state index in [2.05, 4.69) is 21.2 Å². The zero-order valence-corrected chi connectivity index (χ0v) is 12.8. The van der Waals surface area contributed by atoms with Gasteiger partial charge in [-0.05, 0) is 37.6 Å². The Balaban J connectivity index is 2.47. The van der Waals surface area contributed by atoms with Crippen molar-refractivity contribution in [2.75, 3.05) is 11.9 Å². The third-order valence-electron chi connectivity index (χ3n) is 2.79. The smallest absolute Gasteiger partial charge is 0.335 e. The lowest BCUT2D eigenvalue weighted by Crippen LogP contribution is -2.12. The average molecular weight is 343 g/mol. The standard InChI is InChI=1S/C14H19BrN2O3/c15-11-7-10(14(19)20)8-12(9-11)17-13(18)5-3-1-2-4-6-16/h7-9H,1-6,16H2,(H,17,18)(H,19,20). The van der Waals surface area contributed by atoms with E-state index < -0.39 is 5.97 Å². The number of carboxylic acids is 1. The van der Waals surface area contributed by atoms with Crippen LogP contribution < -0.4 is 11.1 Å². The van der Waals surface area contributed by atoms with Crippen molar-refractivity contribution < 1.29 is 14.7 Å². The molecule has 0 radical (unpaired) electrons. The maximum Gasteiger partial charge on any atom is 0.335 e. The Labute approximate surface area is 126 Å². The second-order valence-electron chi connectivity index (χ2n) is 4.53. The van der Waals surface area contributed by atoms with Crippen molar-refractivity contribution in [3.8, 4) is 0 Å². The van der Waals surface area contributed by atoms with Gasteiger partial charge in [0.15, 0.2) is 0 Å². The van der Waals surface area contributed by atoms with Crippen LogP contribution in [0.5, 0.6) is 0 Å². The molecule has 20 heavy (non-hydrogen) atoms. The normalized spacial score (nSPS) is 10.3. The molecule has 0 spiro atoms. The first-order valence-electron chi connectivity index (χ1n) is 6.56. The molecule has 1 rings (SSSR count). The maximum atomic E-state index is 11.7. The summed E-state index contributed by atoms with van der Waals surface area (Å²) < 4.78 is 0.621. The van der Waals surface area contributed by atoms with Crippen LogP contribution in [0.3, 0.4) is 0 Å². The summed E-state index contributed by atoms with van der Waals surface area (Å²) in [6.45, 7) is 0.683. The number of nitrogens with two attached hydrogens (primary N) is 1. The fourth-order valence-electron chi connectivity index (χ4n) is 1.79. The fourth-order valence-corrected chi connectivity index (χ4v) is 2.29. The number of amides is 1. The first-order valence-corrected chi connectivity index (χ1v) is 7.36. The van der Waals surface area contributed by atoms with Crippen molar-refractivity contribution in [1.29, 1.82) is 0 Å². The van der Waals surface area contributed by atoms with E-state index in [0.717, 1.165) is 25.7 Å². The number of rotatable bonds is 8. The number of benzene rings is 1. The van der Waals surface area contributed by atoms with Gasteiger partial charge in [-0.1, -0.05) is 28.8 Å². The van der Waals surface area contributed by atoms with Gasteiger partial charge in [-0.2, -0.15) is 0 Å². The minimum Gasteiger partial charge on any atom is -0.478 e. The summed E-state index contributed by atoms with van der Waals surface area (Å²) in [7, 11) is 0. The van der Waals surface area contributed by atoms with Crippen molar-refractivity contribution in [3.63, 3.8) is 0 Å². The molecular formula is C14H19BrN2O3. The molecule has 0 heterocycles. The zero-order chi connectivity index (χ0) is 15.0. The third-order valence-corrected chi connectivity index (χ3v) is 3.24. The molecule has 0 aromatic heterocycles. The van der Waals surface area contributed by atoms with Crippen LogP contribution in [0.1, 0.15) is 42.5 Å². The van der Waals surface area contributed by atoms with Crippen molar-refractivity contribution in [2.24, 2.45) is 5.73 Å². The lowest BCUT2D eigenvalue weighted by atomic mass is 10.1. The summed E-state index contributed by atoms with van der Waals surface area (Å²) in [4.78, 5) is 22.7. The van der Waals surface area contributed by atoms with E-state index in [1.165, 1.54) is 12.1 Å². The van der Waals surface area contributed by atoms with Crippen LogP contribution >= 0.6 is 15.9 Å². The molecule has 0 aliphatic heterocycles. The Bertz CT molecular complexity index is 477. The van der Waals surface area contributed by atoms with E-state index in [9.17, 15) is 9.59 Å². The molecule has 0 aliphatic rings. The molecular weight excluding hydrogens is 324 g/mol. The van der Waals surface area contributed by atoms with Gasteiger partial charge in [-0.15, -0.1) is 0 Å². The first-order chi connectivity index (χ1) is 9.52. The molecule has 0 unspecified atom stereocenters. The Morgan fingerprint density at radius 2 is 1.85 bits per heavy atom. The predicted molar refractivity (Wildman–Crippen MR) is 81.9 cm³/mol. The SMILES string of the molecule is NCCCCCCC(=O)Nc1cc(Br)cc(C(=O)O)c1. The molecule has 1 amide bonds. The van der Waals surface area contributed by atoms with Gasteiger partial charge in [0.05, 0.1) is 5.56 Å². The summed E-state index contributed by atoms with van der Waals surface area (Å²) in [6, 6.07) is 4.61. The Kier molecular flexibility index (Phi) is 7.25. The van der Waals surface area contributed by atoms with E-state index in [-0.39, 0.29) is 11.5 Å². The molecule has 110 valence electrons. The van der Waals surface area contributed by atoms with Gasteiger partial charge in [-0.25, -0.2) is 4.79 Å². The highest BCUT2D eigenvalue weighted by molar-refractivity contribution is 9.10. The summed E-state index contributed by atoms with van der Waals surface area (Å²) >= 11 is 3.23. The molecule has 0 saturated heterocycles. The predicted octanol–water partition coefficient (Wildman–Crippen LogP) is 3.00. The summed E-state index contributed by atoms with van der Waals surface area (Å²) in [5.74, 6) is -1.13. The molecule has 6 heteroatoms. The zero-order valence-electron chi connectivity index (χ0n) is 11.2. The molecule has 0 bridgehead atoms. The van der Waals surface area contributed by atoms with Gasteiger partial charge in [-0.3, -0.25) is 4.79 Å². The van der Waals surface area contributed by atoms with Gasteiger partial charge in [0.25, 0.3) is 0 Å². The second-order valence-corrected chi connectivity index (χ2v) is 5.45. The number of halogens is 1. The van der Waals surface area contributed by atoms with E-state index in [1.807, 2.05) is 0 Å². The Morgan fingerprint density at radius 1 is 1.15 bits per heavy atom. The lowest BCUT2D eigenvalue weighted by molar-refractivity contribution is -0.116. The van der Waals surface area contributed by atoms with E-state index >= 15 is 0 Å². The van der Waals surface area contributed by atoms with E-state index in [4.69, 9.17) is 10.8 Å². The number of carboxylic acid groups (broad SMARTS) is 1. The molecule has 1 aromatic rings. The highest BCUT2D eigenvalue weighted by Crippen LogP contribution is 2.20. The number of carbonyl (C=O) groups excluding carboxylic acids is 1. The molecule has 4 N–H and O–H groups in total. The van der Waals surface area contributed by atoms with Crippen LogP contribution in [-0.4, -0.2) is 23.5 Å². The Hall–Kier alpha value is -1.40. The minimum absolute atomic E-state index is 0.104. The number of aromatic carboxylic acids is 1. The minimum atomic E-state index is -1.02. The molecule has 0 fully saturated rings. The quantitative estimate of drug-likeness (QED) is 0.633. The summed E-state index contributed by atoms with van der Waals surface area (Å²) in [5.41, 5.74) is 6.02. The first kappa shape index (κ1) is 16.7. The van der Waals surface area contributed by atoms with Crippen LogP contribution in [0.4, 0.5) is 5.69 Å². The van der Waals surface area contributed by atoms with E-state index in [1.54, 1.807) is 6.07 Å². The number of unbranched alkanes of at least 4 members (excludes halogenated alkanes) is 3. The number of carbonyl (C=O) groups is 2. The molecule has 1 aromatic carbocycles.